The van der Waals surface area contributed by atoms with E-state index >= 15 is 0 Å². The lowest BCUT2D eigenvalue weighted by atomic mass is 10.0. The fourth-order valence-electron chi connectivity index (χ4n) is 2.22. The Labute approximate surface area is 100 Å². The van der Waals surface area contributed by atoms with Crippen LogP contribution in [0.25, 0.3) is 0 Å². The minimum absolute atomic E-state index is 0.325. The van der Waals surface area contributed by atoms with Crippen molar-refractivity contribution in [3.63, 3.8) is 0 Å². The van der Waals surface area contributed by atoms with E-state index in [1.165, 1.54) is 12.8 Å². The lowest BCUT2D eigenvalue weighted by Gasteiger charge is -2.21. The van der Waals surface area contributed by atoms with Crippen molar-refractivity contribution in [3.05, 3.63) is 22.7 Å². The Morgan fingerprint density at radius 3 is 2.88 bits per heavy atom. The molecule has 3 nitrogen and oxygen atoms in total. The van der Waals surface area contributed by atoms with Gasteiger partial charge < -0.3 is 4.74 Å². The molecular weight excluding hydrogens is 224 g/mol. The molecule has 0 N–H and O–H groups in total. The molecule has 16 heavy (non-hydrogen) atoms. The number of hydrogen-bond acceptors (Lipinski definition) is 3. The van der Waals surface area contributed by atoms with Crippen LogP contribution in [-0.4, -0.2) is 16.6 Å². The lowest BCUT2D eigenvalue weighted by molar-refractivity contribution is 0.00916. The van der Waals surface area contributed by atoms with Crippen LogP contribution in [0.4, 0.5) is 0 Å². The molecule has 1 aliphatic heterocycles. The lowest BCUT2D eigenvalue weighted by Crippen LogP contribution is -2.24. The molecule has 3 rings (SSSR count). The highest BCUT2D eigenvalue weighted by Gasteiger charge is 2.36. The Morgan fingerprint density at radius 1 is 1.44 bits per heavy atom. The van der Waals surface area contributed by atoms with Crippen LogP contribution in [0.5, 0.6) is 0 Å². The van der Waals surface area contributed by atoms with Crippen molar-refractivity contribution in [2.24, 2.45) is 0 Å². The van der Waals surface area contributed by atoms with E-state index in [1.54, 1.807) is 0 Å². The molecule has 1 aromatic heterocycles. The molecule has 1 atom stereocenters. The fraction of sp³-hybridized carbons (Fsp3) is 0.667. The highest BCUT2D eigenvalue weighted by molar-refractivity contribution is 6.29. The largest absolute Gasteiger partial charge is 0.367 e. The van der Waals surface area contributed by atoms with Crippen LogP contribution in [-0.2, 0) is 10.3 Å². The van der Waals surface area contributed by atoms with Crippen LogP contribution in [0, 0.1) is 0 Å². The van der Waals surface area contributed by atoms with Crippen molar-refractivity contribution >= 4 is 11.6 Å². The van der Waals surface area contributed by atoms with Crippen molar-refractivity contribution in [1.82, 2.24) is 9.97 Å². The van der Waals surface area contributed by atoms with Crippen LogP contribution < -0.4 is 0 Å². The number of nitrogens with zero attached hydrogens (tertiary/aromatic N) is 2. The minimum atomic E-state index is -0.325. The standard InChI is InChI=1S/C12H15ClN2O/c1-12(5-2-6-16-12)11-14-9(8-3-4-8)7-10(13)15-11/h7-8H,2-6H2,1H3. The van der Waals surface area contributed by atoms with Gasteiger partial charge in [0.15, 0.2) is 5.82 Å². The van der Waals surface area contributed by atoms with Crippen molar-refractivity contribution in [2.45, 2.75) is 44.1 Å². The monoisotopic (exact) mass is 238 g/mol. The second-order valence-electron chi connectivity index (χ2n) is 4.90. The predicted octanol–water partition coefficient (Wildman–Crippen LogP) is 3.03. The smallest absolute Gasteiger partial charge is 0.161 e. The van der Waals surface area contributed by atoms with Gasteiger partial charge in [-0.3, -0.25) is 0 Å². The van der Waals surface area contributed by atoms with Crippen molar-refractivity contribution in [2.75, 3.05) is 6.61 Å². The van der Waals surface area contributed by atoms with Crippen LogP contribution in [0.3, 0.4) is 0 Å². The molecule has 0 radical (unpaired) electrons. The molecule has 4 heteroatoms. The van der Waals surface area contributed by atoms with Gasteiger partial charge in [-0.1, -0.05) is 11.6 Å². The summed E-state index contributed by atoms with van der Waals surface area (Å²) in [5.41, 5.74) is 0.765. The predicted molar refractivity (Wildman–Crippen MR) is 61.6 cm³/mol. The molecule has 2 fully saturated rings. The zero-order chi connectivity index (χ0) is 11.2. The van der Waals surface area contributed by atoms with Crippen molar-refractivity contribution < 1.29 is 4.74 Å². The summed E-state index contributed by atoms with van der Waals surface area (Å²) in [5.74, 6) is 1.36. The number of ether oxygens (including phenoxy) is 1. The minimum Gasteiger partial charge on any atom is -0.367 e. The molecule has 1 saturated carbocycles. The average molecular weight is 239 g/mol. The van der Waals surface area contributed by atoms with Crippen LogP contribution >= 0.6 is 11.6 Å². The Bertz CT molecular complexity index is 411. The highest BCUT2D eigenvalue weighted by Crippen LogP contribution is 2.41. The van der Waals surface area contributed by atoms with Gasteiger partial charge >= 0.3 is 0 Å². The second kappa shape index (κ2) is 3.67. The van der Waals surface area contributed by atoms with Crippen molar-refractivity contribution in [3.8, 4) is 0 Å². The fourth-order valence-corrected chi connectivity index (χ4v) is 2.41. The third kappa shape index (κ3) is 1.82. The van der Waals surface area contributed by atoms with E-state index < -0.39 is 0 Å². The molecule has 2 heterocycles. The number of rotatable bonds is 2. The van der Waals surface area contributed by atoms with E-state index in [9.17, 15) is 0 Å². The van der Waals surface area contributed by atoms with Gasteiger partial charge in [0, 0.05) is 18.2 Å². The van der Waals surface area contributed by atoms with E-state index in [1.807, 2.05) is 6.07 Å². The molecule has 0 bridgehead atoms. The first-order valence-corrected chi connectivity index (χ1v) is 6.24. The Kier molecular flexibility index (Phi) is 2.41. The summed E-state index contributed by atoms with van der Waals surface area (Å²) in [6, 6.07) is 1.89. The van der Waals surface area contributed by atoms with Gasteiger partial charge in [0.1, 0.15) is 10.8 Å². The third-order valence-electron chi connectivity index (χ3n) is 3.40. The summed E-state index contributed by atoms with van der Waals surface area (Å²) < 4.78 is 5.75. The number of halogens is 1. The number of aromatic nitrogens is 2. The molecule has 1 unspecified atom stereocenters. The summed E-state index contributed by atoms with van der Waals surface area (Å²) in [7, 11) is 0. The maximum absolute atomic E-state index is 6.06. The van der Waals surface area contributed by atoms with Gasteiger partial charge in [0.2, 0.25) is 0 Å². The SMILES string of the molecule is CC1(c2nc(Cl)cc(C3CC3)n2)CCCO1. The average Bonchev–Trinajstić information content (AvgIpc) is 3.01. The Hall–Kier alpha value is -0.670. The molecule has 1 aliphatic carbocycles. The molecular formula is C12H15ClN2O. The molecule has 1 aromatic rings. The first-order valence-electron chi connectivity index (χ1n) is 5.86. The molecule has 0 aromatic carbocycles. The highest BCUT2D eigenvalue weighted by atomic mass is 35.5. The van der Waals surface area contributed by atoms with Crippen LogP contribution in [0.2, 0.25) is 5.15 Å². The van der Waals surface area contributed by atoms with E-state index in [0.29, 0.717) is 11.1 Å². The summed E-state index contributed by atoms with van der Waals surface area (Å²) in [6.45, 7) is 2.85. The van der Waals surface area contributed by atoms with E-state index in [2.05, 4.69) is 16.9 Å². The van der Waals surface area contributed by atoms with Crippen LogP contribution in [0.15, 0.2) is 6.07 Å². The molecule has 2 aliphatic rings. The third-order valence-corrected chi connectivity index (χ3v) is 3.60. The molecule has 1 saturated heterocycles. The first kappa shape index (κ1) is 10.5. The van der Waals surface area contributed by atoms with E-state index in [-0.39, 0.29) is 5.60 Å². The van der Waals surface area contributed by atoms with E-state index in [0.717, 1.165) is 31.0 Å². The quantitative estimate of drug-likeness (QED) is 0.743. The zero-order valence-corrected chi connectivity index (χ0v) is 10.1. The topological polar surface area (TPSA) is 35.0 Å². The van der Waals surface area contributed by atoms with Gasteiger partial charge in [-0.15, -0.1) is 0 Å². The molecule has 0 spiro atoms. The summed E-state index contributed by atoms with van der Waals surface area (Å²) in [6.07, 6.45) is 4.51. The summed E-state index contributed by atoms with van der Waals surface area (Å²) >= 11 is 6.06. The molecule has 86 valence electrons. The summed E-state index contributed by atoms with van der Waals surface area (Å²) in [4.78, 5) is 8.96. The van der Waals surface area contributed by atoms with Gasteiger partial charge in [-0.2, -0.15) is 0 Å². The maximum Gasteiger partial charge on any atom is 0.161 e. The van der Waals surface area contributed by atoms with Gasteiger partial charge in [0.25, 0.3) is 0 Å². The second-order valence-corrected chi connectivity index (χ2v) is 5.28. The first-order chi connectivity index (χ1) is 7.67. The summed E-state index contributed by atoms with van der Waals surface area (Å²) in [5, 5.41) is 0.545. The van der Waals surface area contributed by atoms with Gasteiger partial charge in [0.05, 0.1) is 0 Å². The maximum atomic E-state index is 6.06. The molecule has 0 amide bonds. The van der Waals surface area contributed by atoms with Crippen molar-refractivity contribution in [1.29, 1.82) is 0 Å². The van der Waals surface area contributed by atoms with Crippen LogP contribution in [0.1, 0.15) is 50.0 Å². The van der Waals surface area contributed by atoms with Gasteiger partial charge in [-0.25, -0.2) is 9.97 Å². The zero-order valence-electron chi connectivity index (χ0n) is 9.37. The normalized spacial score (nSPS) is 29.6. The van der Waals surface area contributed by atoms with E-state index in [4.69, 9.17) is 16.3 Å². The Morgan fingerprint density at radius 2 is 2.25 bits per heavy atom. The van der Waals surface area contributed by atoms with Gasteiger partial charge in [-0.05, 0) is 38.7 Å². The Balaban J connectivity index is 1.99. The number of hydrogen-bond donors (Lipinski definition) is 0.